The van der Waals surface area contributed by atoms with Gasteiger partial charge in [-0.15, -0.1) is 0 Å². The molecular formula is C30H46Si3. The van der Waals surface area contributed by atoms with Crippen LogP contribution in [0.5, 0.6) is 0 Å². The Morgan fingerprint density at radius 3 is 1.18 bits per heavy atom. The topological polar surface area (TPSA) is 0 Å². The summed E-state index contributed by atoms with van der Waals surface area (Å²) in [5, 5.41) is 8.14. The van der Waals surface area contributed by atoms with Gasteiger partial charge in [0.05, 0.1) is 16.1 Å². The molecule has 1 aliphatic rings. The Bertz CT molecular complexity index is 1090. The monoisotopic (exact) mass is 490 g/mol. The van der Waals surface area contributed by atoms with E-state index in [-0.39, 0.29) is 0 Å². The fourth-order valence-electron chi connectivity index (χ4n) is 5.66. The Labute approximate surface area is 207 Å². The van der Waals surface area contributed by atoms with Crippen LogP contribution < -0.4 is 20.7 Å². The third kappa shape index (κ3) is 4.74. The maximum absolute atomic E-state index is 2.65. The standard InChI is InChI=1S/C30H46Si3/c1-20-14-26(31(7,8)9)18-28(16-20)33(13,30-24(5)22(3)23(4)25(30)6)29-17-21(2)15-27(19-29)32(10,11)12/h14-19,24H,1-13H3. The summed E-state index contributed by atoms with van der Waals surface area (Å²) in [5.74, 6) is 0.522. The molecule has 0 N–H and O–H groups in total. The summed E-state index contributed by atoms with van der Waals surface area (Å²) in [5.41, 5.74) is 7.49. The molecular weight excluding hydrogens is 445 g/mol. The lowest BCUT2D eigenvalue weighted by Crippen LogP contribution is -2.61. The Balaban J connectivity index is 2.44. The molecule has 0 heterocycles. The fourth-order valence-corrected chi connectivity index (χ4v) is 13.3. The van der Waals surface area contributed by atoms with Gasteiger partial charge in [0.2, 0.25) is 0 Å². The van der Waals surface area contributed by atoms with Crippen LogP contribution in [0.4, 0.5) is 0 Å². The van der Waals surface area contributed by atoms with Gasteiger partial charge < -0.3 is 0 Å². The zero-order valence-electron chi connectivity index (χ0n) is 23.5. The first-order valence-corrected chi connectivity index (χ1v) is 22.1. The van der Waals surface area contributed by atoms with Crippen molar-refractivity contribution >= 4 is 45.0 Å². The number of hydrogen-bond donors (Lipinski definition) is 0. The molecule has 0 amide bonds. The molecule has 0 bridgehead atoms. The Hall–Kier alpha value is -1.43. The molecule has 0 radical (unpaired) electrons. The molecule has 2 aromatic rings. The zero-order chi connectivity index (χ0) is 25.1. The van der Waals surface area contributed by atoms with Crippen LogP contribution in [-0.2, 0) is 0 Å². The highest BCUT2D eigenvalue weighted by Gasteiger charge is 2.43. The van der Waals surface area contributed by atoms with E-state index in [4.69, 9.17) is 0 Å². The highest BCUT2D eigenvalue weighted by atomic mass is 28.3. The van der Waals surface area contributed by atoms with Crippen LogP contribution in [0, 0.1) is 19.8 Å². The Morgan fingerprint density at radius 1 is 0.515 bits per heavy atom. The van der Waals surface area contributed by atoms with Crippen molar-refractivity contribution in [2.24, 2.45) is 5.92 Å². The number of hydrogen-bond acceptors (Lipinski definition) is 0. The molecule has 1 aliphatic carbocycles. The lowest BCUT2D eigenvalue weighted by atomic mass is 10.1. The molecule has 0 saturated heterocycles. The molecule has 1 unspecified atom stereocenters. The van der Waals surface area contributed by atoms with Gasteiger partial charge in [-0.2, -0.15) is 0 Å². The first-order valence-electron chi connectivity index (χ1n) is 12.6. The predicted octanol–water partition coefficient (Wildman–Crippen LogP) is 6.43. The van der Waals surface area contributed by atoms with E-state index in [1.54, 1.807) is 37.1 Å². The number of rotatable bonds is 5. The average molecular weight is 491 g/mol. The summed E-state index contributed by atoms with van der Waals surface area (Å²) >= 11 is 0. The molecule has 2 aromatic carbocycles. The van der Waals surface area contributed by atoms with E-state index in [9.17, 15) is 0 Å². The SMILES string of the molecule is CC1=C(C)C(C)C([Si](C)(c2cc(C)cc([Si](C)(C)C)c2)c2cc(C)cc([Si](C)(C)C)c2)=C1C. The van der Waals surface area contributed by atoms with Gasteiger partial charge in [-0.1, -0.05) is 127 Å². The van der Waals surface area contributed by atoms with Gasteiger partial charge in [0.25, 0.3) is 0 Å². The minimum atomic E-state index is -2.18. The van der Waals surface area contributed by atoms with Gasteiger partial charge in [0.1, 0.15) is 8.07 Å². The van der Waals surface area contributed by atoms with E-state index in [1.807, 2.05) is 0 Å². The van der Waals surface area contributed by atoms with Gasteiger partial charge >= 0.3 is 0 Å². The molecule has 0 aliphatic heterocycles. The molecule has 1 atom stereocenters. The van der Waals surface area contributed by atoms with Crippen molar-refractivity contribution in [3.63, 3.8) is 0 Å². The summed E-state index contributed by atoms with van der Waals surface area (Å²) in [4.78, 5) is 0. The summed E-state index contributed by atoms with van der Waals surface area (Å²) in [6, 6.07) is 15.2. The van der Waals surface area contributed by atoms with Gasteiger partial charge in [-0.3, -0.25) is 0 Å². The van der Waals surface area contributed by atoms with Crippen molar-refractivity contribution in [2.75, 3.05) is 0 Å². The highest BCUT2D eigenvalue weighted by molar-refractivity contribution is 7.07. The molecule has 0 nitrogen and oxygen atoms in total. The summed E-state index contributed by atoms with van der Waals surface area (Å²) < 4.78 is 0. The van der Waals surface area contributed by atoms with Gasteiger partial charge in [-0.25, -0.2) is 0 Å². The fraction of sp³-hybridized carbons (Fsp3) is 0.467. The predicted molar refractivity (Wildman–Crippen MR) is 159 cm³/mol. The molecule has 0 fully saturated rings. The second kappa shape index (κ2) is 8.66. The van der Waals surface area contributed by atoms with E-state index in [1.165, 1.54) is 16.7 Å². The normalized spacial score (nSPS) is 17.9. The van der Waals surface area contributed by atoms with Crippen LogP contribution in [0.3, 0.4) is 0 Å². The van der Waals surface area contributed by atoms with Gasteiger partial charge in [-0.05, 0) is 56.5 Å². The van der Waals surface area contributed by atoms with Crippen LogP contribution >= 0.6 is 0 Å². The highest BCUT2D eigenvalue weighted by Crippen LogP contribution is 2.41. The number of allylic oxidation sites excluding steroid dienone is 4. The number of aryl methyl sites for hydroxylation is 2. The maximum atomic E-state index is 2.65. The molecule has 3 rings (SSSR count). The van der Waals surface area contributed by atoms with Crippen molar-refractivity contribution in [3.8, 4) is 0 Å². The molecule has 178 valence electrons. The first kappa shape index (κ1) is 26.2. The second-order valence-corrected chi connectivity index (χ2v) is 27.0. The van der Waals surface area contributed by atoms with E-state index >= 15 is 0 Å². The molecule has 0 spiro atoms. The first-order chi connectivity index (χ1) is 15.0. The molecule has 33 heavy (non-hydrogen) atoms. The minimum absolute atomic E-state index is 0.522. The maximum Gasteiger partial charge on any atom is 0.142 e. The lowest BCUT2D eigenvalue weighted by molar-refractivity contribution is 0.850. The summed E-state index contributed by atoms with van der Waals surface area (Å²) in [6.45, 7) is 31.7. The Morgan fingerprint density at radius 2 is 0.879 bits per heavy atom. The average Bonchev–Trinajstić information content (AvgIpc) is 2.88. The lowest BCUT2D eigenvalue weighted by Gasteiger charge is -2.37. The van der Waals surface area contributed by atoms with E-state index in [0.717, 1.165) is 0 Å². The van der Waals surface area contributed by atoms with Crippen LogP contribution in [0.15, 0.2) is 58.3 Å². The van der Waals surface area contributed by atoms with Gasteiger partial charge in [0.15, 0.2) is 0 Å². The van der Waals surface area contributed by atoms with E-state index in [0.29, 0.717) is 5.92 Å². The summed E-state index contributed by atoms with van der Waals surface area (Å²) in [6.07, 6.45) is 0. The van der Waals surface area contributed by atoms with Crippen molar-refractivity contribution in [2.45, 2.75) is 87.4 Å². The Kier molecular flexibility index (Phi) is 6.87. The van der Waals surface area contributed by atoms with Gasteiger partial charge in [0, 0.05) is 0 Å². The third-order valence-electron chi connectivity index (χ3n) is 8.22. The molecule has 0 saturated carbocycles. The largest absolute Gasteiger partial charge is 0.142 e. The third-order valence-corrected chi connectivity index (χ3v) is 17.0. The van der Waals surface area contributed by atoms with Crippen LogP contribution in [0.2, 0.25) is 45.8 Å². The zero-order valence-corrected chi connectivity index (χ0v) is 26.5. The summed E-state index contributed by atoms with van der Waals surface area (Å²) in [7, 11) is -5.03. The van der Waals surface area contributed by atoms with Crippen molar-refractivity contribution in [3.05, 3.63) is 69.4 Å². The number of benzene rings is 2. The van der Waals surface area contributed by atoms with Crippen LogP contribution in [0.25, 0.3) is 0 Å². The van der Waals surface area contributed by atoms with Crippen molar-refractivity contribution in [1.82, 2.24) is 0 Å². The van der Waals surface area contributed by atoms with Crippen LogP contribution in [0.1, 0.15) is 38.8 Å². The van der Waals surface area contributed by atoms with E-state index in [2.05, 4.69) is 124 Å². The quantitative estimate of drug-likeness (QED) is 0.424. The van der Waals surface area contributed by atoms with Crippen LogP contribution in [-0.4, -0.2) is 24.2 Å². The van der Waals surface area contributed by atoms with Crippen molar-refractivity contribution in [1.29, 1.82) is 0 Å². The van der Waals surface area contributed by atoms with E-state index < -0.39 is 24.2 Å². The molecule has 0 aromatic heterocycles. The smallest absolute Gasteiger partial charge is 0.0656 e. The van der Waals surface area contributed by atoms with Crippen molar-refractivity contribution < 1.29 is 0 Å². The molecule has 3 heteroatoms. The second-order valence-electron chi connectivity index (χ2n) is 12.9. The minimum Gasteiger partial charge on any atom is -0.0656 e.